The van der Waals surface area contributed by atoms with Gasteiger partial charge in [-0.2, -0.15) is 4.31 Å². The summed E-state index contributed by atoms with van der Waals surface area (Å²) in [4.78, 5) is 17.0. The van der Waals surface area contributed by atoms with Crippen LogP contribution < -0.4 is 0 Å². The van der Waals surface area contributed by atoms with Gasteiger partial charge in [-0.05, 0) is 51.8 Å². The van der Waals surface area contributed by atoms with Crippen LogP contribution in [0.25, 0.3) is 0 Å². The number of Topliss-reactive ketones (excluding diaryl/α,β-unsaturated/α-hetero) is 1. The molecule has 0 saturated carbocycles. The highest BCUT2D eigenvalue weighted by molar-refractivity contribution is 7.99. The number of carbonyl (C=O) groups is 1. The van der Waals surface area contributed by atoms with Gasteiger partial charge in [0.15, 0.2) is 5.78 Å². The summed E-state index contributed by atoms with van der Waals surface area (Å²) in [5.41, 5.74) is 2.81. The Balaban J connectivity index is 1.66. The predicted octanol–water partition coefficient (Wildman–Crippen LogP) is 3.28. The van der Waals surface area contributed by atoms with Gasteiger partial charge in [-0.15, -0.1) is 0 Å². The molecule has 0 aromatic carbocycles. The first-order valence-corrected chi connectivity index (χ1v) is 11.6. The maximum atomic E-state index is 12.6. The van der Waals surface area contributed by atoms with E-state index in [1.54, 1.807) is 12.1 Å². The first-order chi connectivity index (χ1) is 12.8. The Morgan fingerprint density at radius 3 is 2.48 bits per heavy atom. The number of nitrogens with zero attached hydrogens (tertiary/aromatic N) is 3. The SMILES string of the molecule is CCn1c(C)cc(C(=O)CSc2ccc(S(=O)(=O)N3CCCC3)cn2)c1C. The molecule has 0 amide bonds. The van der Waals surface area contributed by atoms with E-state index in [1.807, 2.05) is 19.9 Å². The molecule has 1 fully saturated rings. The molecule has 1 saturated heterocycles. The fourth-order valence-electron chi connectivity index (χ4n) is 3.47. The fraction of sp³-hybridized carbons (Fsp3) is 0.474. The molecule has 0 spiro atoms. The molecule has 0 radical (unpaired) electrons. The molecule has 0 atom stereocenters. The van der Waals surface area contributed by atoms with Crippen molar-refractivity contribution >= 4 is 27.6 Å². The molecule has 0 N–H and O–H groups in total. The quantitative estimate of drug-likeness (QED) is 0.520. The number of aryl methyl sites for hydroxylation is 1. The van der Waals surface area contributed by atoms with Crippen molar-refractivity contribution < 1.29 is 13.2 Å². The molecule has 0 bridgehead atoms. The number of carbonyl (C=O) groups excluding carboxylic acids is 1. The summed E-state index contributed by atoms with van der Waals surface area (Å²) >= 11 is 1.33. The van der Waals surface area contributed by atoms with Gasteiger partial charge >= 0.3 is 0 Å². The molecule has 146 valence electrons. The van der Waals surface area contributed by atoms with Crippen LogP contribution in [0.5, 0.6) is 0 Å². The topological polar surface area (TPSA) is 72.3 Å². The van der Waals surface area contributed by atoms with E-state index in [1.165, 1.54) is 22.3 Å². The van der Waals surface area contributed by atoms with Crippen molar-refractivity contribution in [1.29, 1.82) is 0 Å². The minimum absolute atomic E-state index is 0.0587. The van der Waals surface area contributed by atoms with E-state index in [9.17, 15) is 13.2 Å². The summed E-state index contributed by atoms with van der Waals surface area (Å²) in [5, 5.41) is 0.646. The van der Waals surface area contributed by atoms with E-state index >= 15 is 0 Å². The second-order valence-corrected chi connectivity index (χ2v) is 9.62. The smallest absolute Gasteiger partial charge is 0.244 e. The lowest BCUT2D eigenvalue weighted by Crippen LogP contribution is -2.27. The van der Waals surface area contributed by atoms with Crippen LogP contribution in [0.15, 0.2) is 34.3 Å². The number of pyridine rings is 1. The van der Waals surface area contributed by atoms with Crippen LogP contribution in [0.4, 0.5) is 0 Å². The monoisotopic (exact) mass is 407 g/mol. The lowest BCUT2D eigenvalue weighted by molar-refractivity contribution is 0.102. The number of hydrogen-bond acceptors (Lipinski definition) is 5. The number of thioether (sulfide) groups is 1. The van der Waals surface area contributed by atoms with Crippen molar-refractivity contribution in [2.45, 2.75) is 50.1 Å². The highest BCUT2D eigenvalue weighted by Gasteiger charge is 2.27. The molecule has 0 aliphatic carbocycles. The maximum Gasteiger partial charge on any atom is 0.244 e. The van der Waals surface area contributed by atoms with Gasteiger partial charge in [-0.25, -0.2) is 13.4 Å². The van der Waals surface area contributed by atoms with E-state index in [0.29, 0.717) is 18.1 Å². The van der Waals surface area contributed by atoms with Crippen LogP contribution in [0.2, 0.25) is 0 Å². The van der Waals surface area contributed by atoms with Crippen LogP contribution >= 0.6 is 11.8 Å². The Hall–Kier alpha value is -1.64. The first kappa shape index (κ1) is 20.1. The lowest BCUT2D eigenvalue weighted by atomic mass is 10.2. The van der Waals surface area contributed by atoms with Crippen molar-refractivity contribution in [3.8, 4) is 0 Å². The van der Waals surface area contributed by atoms with Crippen LogP contribution in [0.3, 0.4) is 0 Å². The average molecular weight is 408 g/mol. The average Bonchev–Trinajstić information content (AvgIpc) is 3.29. The lowest BCUT2D eigenvalue weighted by Gasteiger charge is -2.15. The summed E-state index contributed by atoms with van der Waals surface area (Å²) in [6, 6.07) is 5.19. The van der Waals surface area contributed by atoms with Gasteiger partial charge in [-0.3, -0.25) is 4.79 Å². The van der Waals surface area contributed by atoms with Crippen molar-refractivity contribution in [2.24, 2.45) is 0 Å². The molecule has 27 heavy (non-hydrogen) atoms. The van der Waals surface area contributed by atoms with E-state index in [4.69, 9.17) is 0 Å². The van der Waals surface area contributed by atoms with Crippen LogP contribution in [0, 0.1) is 13.8 Å². The third-order valence-corrected chi connectivity index (χ3v) is 7.78. The van der Waals surface area contributed by atoms with Gasteiger partial charge in [0.1, 0.15) is 4.90 Å². The van der Waals surface area contributed by atoms with E-state index in [0.717, 1.165) is 36.3 Å². The number of hydrogen-bond donors (Lipinski definition) is 0. The standard InChI is InChI=1S/C19H25N3O3S2/c1-4-22-14(2)11-17(15(22)3)18(23)13-26-19-8-7-16(12-20-19)27(24,25)21-9-5-6-10-21/h7-8,11-12H,4-6,9-10,13H2,1-3H3. The molecule has 1 aliphatic rings. The minimum atomic E-state index is -3.45. The third kappa shape index (κ3) is 4.12. The zero-order valence-electron chi connectivity index (χ0n) is 15.9. The van der Waals surface area contributed by atoms with Gasteiger partial charge in [0.2, 0.25) is 10.0 Å². The fourth-order valence-corrected chi connectivity index (χ4v) is 5.66. The highest BCUT2D eigenvalue weighted by atomic mass is 32.2. The Kier molecular flexibility index (Phi) is 6.08. The Bertz CT molecular complexity index is 928. The minimum Gasteiger partial charge on any atom is -0.349 e. The Morgan fingerprint density at radius 1 is 1.22 bits per heavy atom. The predicted molar refractivity (Wildman–Crippen MR) is 107 cm³/mol. The summed E-state index contributed by atoms with van der Waals surface area (Å²) in [6.45, 7) is 8.01. The largest absolute Gasteiger partial charge is 0.349 e. The van der Waals surface area contributed by atoms with E-state index in [2.05, 4.69) is 16.5 Å². The summed E-state index contributed by atoms with van der Waals surface area (Å²) < 4.78 is 28.7. The van der Waals surface area contributed by atoms with Crippen molar-refractivity contribution in [3.63, 3.8) is 0 Å². The summed E-state index contributed by atoms with van der Waals surface area (Å²) in [5.74, 6) is 0.336. The van der Waals surface area contributed by atoms with E-state index < -0.39 is 10.0 Å². The van der Waals surface area contributed by atoms with Gasteiger partial charge in [-0.1, -0.05) is 11.8 Å². The molecular weight excluding hydrogens is 382 g/mol. The van der Waals surface area contributed by atoms with Crippen molar-refractivity contribution in [1.82, 2.24) is 13.9 Å². The van der Waals surface area contributed by atoms with Gasteiger partial charge in [0.25, 0.3) is 0 Å². The second-order valence-electron chi connectivity index (χ2n) is 6.68. The molecule has 3 rings (SSSR count). The molecular formula is C19H25N3O3S2. The number of ketones is 1. The van der Waals surface area contributed by atoms with E-state index in [-0.39, 0.29) is 16.4 Å². The Labute approximate surface area is 165 Å². The molecule has 2 aromatic heterocycles. The molecule has 3 heterocycles. The summed E-state index contributed by atoms with van der Waals surface area (Å²) in [6.07, 6.45) is 3.20. The van der Waals surface area contributed by atoms with Crippen molar-refractivity contribution in [3.05, 3.63) is 41.3 Å². The summed E-state index contributed by atoms with van der Waals surface area (Å²) in [7, 11) is -3.45. The second kappa shape index (κ2) is 8.16. The zero-order valence-corrected chi connectivity index (χ0v) is 17.6. The van der Waals surface area contributed by atoms with Gasteiger partial charge < -0.3 is 4.57 Å². The van der Waals surface area contributed by atoms with Crippen LogP contribution in [0.1, 0.15) is 41.5 Å². The molecule has 0 unspecified atom stereocenters. The highest BCUT2D eigenvalue weighted by Crippen LogP contribution is 2.24. The molecule has 8 heteroatoms. The third-order valence-electron chi connectivity index (χ3n) is 4.95. The maximum absolute atomic E-state index is 12.6. The molecule has 6 nitrogen and oxygen atoms in total. The van der Waals surface area contributed by atoms with Crippen molar-refractivity contribution in [2.75, 3.05) is 18.8 Å². The Morgan fingerprint density at radius 2 is 1.93 bits per heavy atom. The normalized spacial score (nSPS) is 15.4. The molecule has 2 aromatic rings. The first-order valence-electron chi connectivity index (χ1n) is 9.13. The number of rotatable bonds is 7. The van der Waals surface area contributed by atoms with Crippen LogP contribution in [-0.4, -0.2) is 46.9 Å². The number of sulfonamides is 1. The molecule has 1 aliphatic heterocycles. The van der Waals surface area contributed by atoms with Crippen LogP contribution in [-0.2, 0) is 16.6 Å². The van der Waals surface area contributed by atoms with Gasteiger partial charge in [0.05, 0.1) is 10.8 Å². The zero-order chi connectivity index (χ0) is 19.6. The number of aromatic nitrogens is 2. The van der Waals surface area contributed by atoms with Gasteiger partial charge in [0, 0.05) is 42.8 Å².